The second kappa shape index (κ2) is 4.68. The van der Waals surface area contributed by atoms with E-state index in [-0.39, 0.29) is 0 Å². The molecule has 0 amide bonds. The lowest BCUT2D eigenvalue weighted by Crippen LogP contribution is -1.77. The van der Waals surface area contributed by atoms with Gasteiger partial charge in [0.1, 0.15) is 0 Å². The van der Waals surface area contributed by atoms with Gasteiger partial charge in [-0.15, -0.1) is 13.2 Å². The van der Waals surface area contributed by atoms with Gasteiger partial charge in [-0.25, -0.2) is 8.78 Å². The molecular formula is C8H8F2. The molecule has 0 heterocycles. The molecule has 1 aromatic rings. The Labute approximate surface area is 58.8 Å². The van der Waals surface area contributed by atoms with Gasteiger partial charge in [-0.1, -0.05) is 12.1 Å². The van der Waals surface area contributed by atoms with E-state index < -0.39 is 11.6 Å². The van der Waals surface area contributed by atoms with Gasteiger partial charge < -0.3 is 0 Å². The maximum atomic E-state index is 11.9. The van der Waals surface area contributed by atoms with Crippen molar-refractivity contribution in [2.24, 2.45) is 0 Å². The zero-order valence-corrected chi connectivity index (χ0v) is 5.48. The highest BCUT2D eigenvalue weighted by atomic mass is 19.2. The van der Waals surface area contributed by atoms with Crippen molar-refractivity contribution in [2.45, 2.75) is 0 Å². The third-order valence-electron chi connectivity index (χ3n) is 0.824. The molecule has 0 unspecified atom stereocenters. The minimum atomic E-state index is -0.799. The van der Waals surface area contributed by atoms with Crippen LogP contribution in [0.15, 0.2) is 37.4 Å². The fraction of sp³-hybridized carbons (Fsp3) is 0. The highest BCUT2D eigenvalue weighted by molar-refractivity contribution is 5.05. The van der Waals surface area contributed by atoms with E-state index in [1.807, 2.05) is 0 Å². The van der Waals surface area contributed by atoms with Crippen LogP contribution >= 0.6 is 0 Å². The normalized spacial score (nSPS) is 7.80. The maximum Gasteiger partial charge on any atom is 0.158 e. The van der Waals surface area contributed by atoms with Crippen LogP contribution in [0.2, 0.25) is 0 Å². The summed E-state index contributed by atoms with van der Waals surface area (Å²) in [6.07, 6.45) is 0. The van der Waals surface area contributed by atoms with Gasteiger partial charge >= 0.3 is 0 Å². The molecule has 0 fully saturated rings. The second-order valence-electron chi connectivity index (χ2n) is 1.41. The van der Waals surface area contributed by atoms with Gasteiger partial charge in [0.05, 0.1) is 0 Å². The van der Waals surface area contributed by atoms with Crippen LogP contribution in [-0.4, -0.2) is 0 Å². The lowest BCUT2D eigenvalue weighted by Gasteiger charge is -1.85. The van der Waals surface area contributed by atoms with Crippen molar-refractivity contribution in [2.75, 3.05) is 0 Å². The van der Waals surface area contributed by atoms with Crippen LogP contribution in [0.4, 0.5) is 8.78 Å². The molecule has 0 spiro atoms. The van der Waals surface area contributed by atoms with Crippen LogP contribution in [0.3, 0.4) is 0 Å². The molecular weight excluding hydrogens is 134 g/mol. The molecule has 0 aliphatic heterocycles. The van der Waals surface area contributed by atoms with E-state index in [0.29, 0.717) is 0 Å². The third kappa shape index (κ3) is 2.40. The maximum absolute atomic E-state index is 11.9. The van der Waals surface area contributed by atoms with Crippen LogP contribution in [-0.2, 0) is 0 Å². The van der Waals surface area contributed by atoms with Gasteiger partial charge in [-0.3, -0.25) is 0 Å². The monoisotopic (exact) mass is 142 g/mol. The van der Waals surface area contributed by atoms with Crippen LogP contribution < -0.4 is 0 Å². The summed E-state index contributed by atoms with van der Waals surface area (Å²) in [6, 6.07) is 5.04. The van der Waals surface area contributed by atoms with Crippen molar-refractivity contribution in [1.82, 2.24) is 0 Å². The van der Waals surface area contributed by atoms with E-state index in [0.717, 1.165) is 12.1 Å². The summed E-state index contributed by atoms with van der Waals surface area (Å²) < 4.78 is 23.9. The molecule has 1 rings (SSSR count). The molecule has 10 heavy (non-hydrogen) atoms. The Kier molecular flexibility index (Phi) is 4.12. The lowest BCUT2D eigenvalue weighted by atomic mass is 10.3. The van der Waals surface area contributed by atoms with Gasteiger partial charge in [0.15, 0.2) is 11.6 Å². The summed E-state index contributed by atoms with van der Waals surface area (Å²) in [5.41, 5.74) is 0. The molecule has 0 aliphatic rings. The second-order valence-corrected chi connectivity index (χ2v) is 1.41. The van der Waals surface area contributed by atoms with Crippen LogP contribution in [0, 0.1) is 11.6 Å². The van der Waals surface area contributed by atoms with Crippen molar-refractivity contribution >= 4 is 0 Å². The summed E-state index contributed by atoms with van der Waals surface area (Å²) in [6.45, 7) is 6.00. The molecule has 0 bridgehead atoms. The average Bonchev–Trinajstić information content (AvgIpc) is 2.00. The van der Waals surface area contributed by atoms with E-state index in [9.17, 15) is 8.78 Å². The molecule has 54 valence electrons. The summed E-state index contributed by atoms with van der Waals surface area (Å²) in [7, 11) is 0. The van der Waals surface area contributed by atoms with E-state index in [4.69, 9.17) is 0 Å². The Balaban J connectivity index is 0.000000371. The SMILES string of the molecule is C=C.Fc1ccccc1F. The van der Waals surface area contributed by atoms with E-state index in [1.54, 1.807) is 0 Å². The minimum Gasteiger partial charge on any atom is -0.204 e. The van der Waals surface area contributed by atoms with Crippen molar-refractivity contribution in [3.63, 3.8) is 0 Å². The van der Waals surface area contributed by atoms with Crippen LogP contribution in [0.1, 0.15) is 0 Å². The molecule has 1 aromatic carbocycles. The highest BCUT2D eigenvalue weighted by Gasteiger charge is 1.93. The van der Waals surface area contributed by atoms with E-state index >= 15 is 0 Å². The average molecular weight is 142 g/mol. The molecule has 0 saturated carbocycles. The van der Waals surface area contributed by atoms with Crippen LogP contribution in [0.25, 0.3) is 0 Å². The summed E-state index contributed by atoms with van der Waals surface area (Å²) >= 11 is 0. The highest BCUT2D eigenvalue weighted by Crippen LogP contribution is 2.01. The van der Waals surface area contributed by atoms with Crippen molar-refractivity contribution < 1.29 is 8.78 Å². The first-order chi connectivity index (χ1) is 4.80. The van der Waals surface area contributed by atoms with E-state index in [2.05, 4.69) is 13.2 Å². The van der Waals surface area contributed by atoms with Crippen molar-refractivity contribution in [3.8, 4) is 0 Å². The molecule has 0 saturated heterocycles. The summed E-state index contributed by atoms with van der Waals surface area (Å²) in [5, 5.41) is 0. The topological polar surface area (TPSA) is 0 Å². The number of rotatable bonds is 0. The lowest BCUT2D eigenvalue weighted by molar-refractivity contribution is 0.508. The predicted octanol–water partition coefficient (Wildman–Crippen LogP) is 2.77. The Hall–Kier alpha value is -1.18. The Morgan fingerprint density at radius 2 is 1.20 bits per heavy atom. The van der Waals surface area contributed by atoms with Gasteiger partial charge in [0.2, 0.25) is 0 Å². The first-order valence-corrected chi connectivity index (χ1v) is 2.71. The number of benzene rings is 1. The van der Waals surface area contributed by atoms with Crippen molar-refractivity contribution in [1.29, 1.82) is 0 Å². The number of hydrogen-bond acceptors (Lipinski definition) is 0. The zero-order chi connectivity index (χ0) is 7.98. The molecule has 0 N–H and O–H groups in total. The van der Waals surface area contributed by atoms with E-state index in [1.165, 1.54) is 12.1 Å². The van der Waals surface area contributed by atoms with Gasteiger partial charge in [-0.05, 0) is 12.1 Å². The molecule has 0 radical (unpaired) electrons. The van der Waals surface area contributed by atoms with Gasteiger partial charge in [0.25, 0.3) is 0 Å². The quantitative estimate of drug-likeness (QED) is 0.488. The van der Waals surface area contributed by atoms with Gasteiger partial charge in [0, 0.05) is 0 Å². The number of hydrogen-bond donors (Lipinski definition) is 0. The first kappa shape index (κ1) is 8.82. The van der Waals surface area contributed by atoms with Crippen LogP contribution in [0.5, 0.6) is 0 Å². The molecule has 0 atom stereocenters. The fourth-order valence-electron chi connectivity index (χ4n) is 0.439. The standard InChI is InChI=1S/C6H4F2.C2H4/c7-5-3-1-2-4-6(5)8;1-2/h1-4H;1-2H2. The molecule has 0 nitrogen and oxygen atoms in total. The Bertz CT molecular complexity index is 175. The molecule has 2 heteroatoms. The largest absolute Gasteiger partial charge is 0.204 e. The summed E-state index contributed by atoms with van der Waals surface area (Å²) in [5.74, 6) is -1.60. The van der Waals surface area contributed by atoms with Crippen molar-refractivity contribution in [3.05, 3.63) is 49.1 Å². The molecule has 0 aliphatic carbocycles. The third-order valence-corrected chi connectivity index (χ3v) is 0.824. The minimum absolute atomic E-state index is 0.799. The smallest absolute Gasteiger partial charge is 0.158 e. The number of halogens is 2. The van der Waals surface area contributed by atoms with Gasteiger partial charge in [-0.2, -0.15) is 0 Å². The Morgan fingerprint density at radius 3 is 1.40 bits per heavy atom. The zero-order valence-electron chi connectivity index (χ0n) is 5.48. The molecule has 0 aromatic heterocycles. The summed E-state index contributed by atoms with van der Waals surface area (Å²) in [4.78, 5) is 0. The first-order valence-electron chi connectivity index (χ1n) is 2.71. The Morgan fingerprint density at radius 1 is 0.900 bits per heavy atom. The predicted molar refractivity (Wildman–Crippen MR) is 37.6 cm³/mol. The fourth-order valence-corrected chi connectivity index (χ4v) is 0.439.